The molecule has 1 aromatic rings. The molecular formula is C18H31N5O2. The van der Waals surface area contributed by atoms with Crippen molar-refractivity contribution >= 4 is 11.8 Å². The van der Waals surface area contributed by atoms with Gasteiger partial charge in [-0.15, -0.1) is 0 Å². The van der Waals surface area contributed by atoms with Crippen molar-refractivity contribution in [3.63, 3.8) is 0 Å². The van der Waals surface area contributed by atoms with E-state index in [9.17, 15) is 9.59 Å². The van der Waals surface area contributed by atoms with Gasteiger partial charge >= 0.3 is 0 Å². The van der Waals surface area contributed by atoms with Crippen LogP contribution in [0.5, 0.6) is 0 Å². The summed E-state index contributed by atoms with van der Waals surface area (Å²) in [4.78, 5) is 26.5. The van der Waals surface area contributed by atoms with E-state index < -0.39 is 0 Å². The van der Waals surface area contributed by atoms with Gasteiger partial charge in [0.05, 0.1) is 24.7 Å². The van der Waals surface area contributed by atoms with Gasteiger partial charge in [0.2, 0.25) is 11.8 Å². The van der Waals surface area contributed by atoms with E-state index >= 15 is 0 Å². The zero-order valence-electron chi connectivity index (χ0n) is 16.1. The summed E-state index contributed by atoms with van der Waals surface area (Å²) in [5.74, 6) is -0.147. The van der Waals surface area contributed by atoms with E-state index in [2.05, 4.69) is 48.3 Å². The standard InChI is InChI=1S/C18H31N5O2/c1-6-15-13(4)21-23(14(15)5)10-8-19-17(24)11-16-18(25)20-7-9-22(16)12(2)3/h12,16H,6-11H2,1-5H3,(H,19,24)(H,20,25). The molecule has 0 radical (unpaired) electrons. The van der Waals surface area contributed by atoms with Gasteiger partial charge in [-0.2, -0.15) is 5.10 Å². The maximum Gasteiger partial charge on any atom is 0.237 e. The summed E-state index contributed by atoms with van der Waals surface area (Å²) in [6, 6.07) is -0.139. The van der Waals surface area contributed by atoms with Gasteiger partial charge < -0.3 is 10.6 Å². The van der Waals surface area contributed by atoms with Gasteiger partial charge in [-0.25, -0.2) is 0 Å². The lowest BCUT2D eigenvalue weighted by Crippen LogP contribution is -2.58. The van der Waals surface area contributed by atoms with Gasteiger partial charge in [0.15, 0.2) is 0 Å². The number of aromatic nitrogens is 2. The molecule has 1 unspecified atom stereocenters. The second-order valence-corrected chi connectivity index (χ2v) is 6.92. The van der Waals surface area contributed by atoms with E-state index in [1.165, 1.54) is 5.56 Å². The van der Waals surface area contributed by atoms with E-state index in [0.717, 1.165) is 24.4 Å². The zero-order valence-corrected chi connectivity index (χ0v) is 16.1. The predicted molar refractivity (Wildman–Crippen MR) is 97.3 cm³/mol. The summed E-state index contributed by atoms with van der Waals surface area (Å²) >= 11 is 0. The number of hydrogen-bond acceptors (Lipinski definition) is 4. The lowest BCUT2D eigenvalue weighted by molar-refractivity contribution is -0.134. The van der Waals surface area contributed by atoms with Gasteiger partial charge in [0, 0.05) is 31.4 Å². The molecule has 1 atom stereocenters. The molecule has 1 fully saturated rings. The lowest BCUT2D eigenvalue weighted by Gasteiger charge is -2.37. The Kier molecular flexibility index (Phi) is 6.58. The SMILES string of the molecule is CCc1c(C)nn(CCNC(=O)CC2C(=O)NCCN2C(C)C)c1C. The Hall–Kier alpha value is -1.89. The number of aryl methyl sites for hydroxylation is 1. The van der Waals surface area contributed by atoms with E-state index in [4.69, 9.17) is 0 Å². The molecule has 2 amide bonds. The molecule has 0 spiro atoms. The van der Waals surface area contributed by atoms with Crippen LogP contribution >= 0.6 is 0 Å². The Morgan fingerprint density at radius 3 is 2.72 bits per heavy atom. The summed E-state index contributed by atoms with van der Waals surface area (Å²) in [5, 5.41) is 10.3. The van der Waals surface area contributed by atoms with Gasteiger partial charge in [-0.05, 0) is 39.7 Å². The fraction of sp³-hybridized carbons (Fsp3) is 0.722. The van der Waals surface area contributed by atoms with Gasteiger partial charge in [0.25, 0.3) is 0 Å². The number of rotatable bonds is 7. The first kappa shape index (κ1) is 19.4. The fourth-order valence-corrected chi connectivity index (χ4v) is 3.57. The summed E-state index contributed by atoms with van der Waals surface area (Å²) in [5.41, 5.74) is 3.49. The van der Waals surface area contributed by atoms with E-state index in [1.54, 1.807) is 0 Å². The Morgan fingerprint density at radius 1 is 1.40 bits per heavy atom. The van der Waals surface area contributed by atoms with Crippen LogP contribution in [0.4, 0.5) is 0 Å². The monoisotopic (exact) mass is 349 g/mol. The number of nitrogens with one attached hydrogen (secondary N) is 2. The van der Waals surface area contributed by atoms with Crippen LogP contribution in [0.25, 0.3) is 0 Å². The minimum absolute atomic E-state index is 0.0544. The number of carbonyl (C=O) groups is 2. The second kappa shape index (κ2) is 8.47. The molecule has 2 N–H and O–H groups in total. The van der Waals surface area contributed by atoms with E-state index in [0.29, 0.717) is 19.6 Å². The summed E-state index contributed by atoms with van der Waals surface area (Å²) in [6.45, 7) is 12.9. The van der Waals surface area contributed by atoms with Crippen LogP contribution in [0, 0.1) is 13.8 Å². The number of carbonyl (C=O) groups excluding carboxylic acids is 2. The minimum Gasteiger partial charge on any atom is -0.354 e. The minimum atomic E-state index is -0.380. The highest BCUT2D eigenvalue weighted by Gasteiger charge is 2.32. The predicted octanol–water partition coefficient (Wildman–Crippen LogP) is 0.777. The average molecular weight is 349 g/mol. The maximum absolute atomic E-state index is 12.3. The highest BCUT2D eigenvalue weighted by atomic mass is 16.2. The summed E-state index contributed by atoms with van der Waals surface area (Å²) < 4.78 is 1.95. The van der Waals surface area contributed by atoms with Crippen LogP contribution in [0.1, 0.15) is 44.1 Å². The smallest absolute Gasteiger partial charge is 0.237 e. The Morgan fingerprint density at radius 2 is 2.12 bits per heavy atom. The van der Waals surface area contributed by atoms with E-state index in [1.807, 2.05) is 11.6 Å². The molecule has 1 aliphatic heterocycles. The largest absolute Gasteiger partial charge is 0.354 e. The number of nitrogens with zero attached hydrogens (tertiary/aromatic N) is 3. The molecule has 7 nitrogen and oxygen atoms in total. The first-order chi connectivity index (χ1) is 11.8. The molecule has 7 heteroatoms. The summed E-state index contributed by atoms with van der Waals surface area (Å²) in [6.07, 6.45) is 1.16. The number of amides is 2. The van der Waals surface area contributed by atoms with Crippen molar-refractivity contribution in [3.05, 3.63) is 17.0 Å². The average Bonchev–Trinajstić information content (AvgIpc) is 2.82. The third-order valence-corrected chi connectivity index (χ3v) is 4.94. The van der Waals surface area contributed by atoms with Crippen molar-refractivity contribution in [1.29, 1.82) is 0 Å². The van der Waals surface area contributed by atoms with Gasteiger partial charge in [0.1, 0.15) is 0 Å². The normalized spacial score (nSPS) is 18.5. The molecule has 25 heavy (non-hydrogen) atoms. The maximum atomic E-state index is 12.3. The van der Waals surface area contributed by atoms with Crippen LogP contribution in [-0.4, -0.2) is 58.2 Å². The van der Waals surface area contributed by atoms with Crippen molar-refractivity contribution in [1.82, 2.24) is 25.3 Å². The van der Waals surface area contributed by atoms with Crippen molar-refractivity contribution in [2.24, 2.45) is 0 Å². The molecule has 140 valence electrons. The molecule has 2 heterocycles. The highest BCUT2D eigenvalue weighted by molar-refractivity contribution is 5.88. The van der Waals surface area contributed by atoms with Crippen molar-refractivity contribution in [2.45, 2.75) is 66.1 Å². The quantitative estimate of drug-likeness (QED) is 0.762. The fourth-order valence-electron chi connectivity index (χ4n) is 3.57. The molecule has 0 saturated carbocycles. The lowest BCUT2D eigenvalue weighted by atomic mass is 10.1. The van der Waals surface area contributed by atoms with Crippen LogP contribution < -0.4 is 10.6 Å². The topological polar surface area (TPSA) is 79.3 Å². The molecule has 1 saturated heterocycles. The molecule has 0 bridgehead atoms. The van der Waals surface area contributed by atoms with Crippen LogP contribution in [0.3, 0.4) is 0 Å². The third kappa shape index (κ3) is 4.60. The molecule has 0 aliphatic carbocycles. The van der Waals surface area contributed by atoms with Crippen LogP contribution in [-0.2, 0) is 22.6 Å². The number of hydrogen-bond donors (Lipinski definition) is 2. The third-order valence-electron chi connectivity index (χ3n) is 4.94. The van der Waals surface area contributed by atoms with Gasteiger partial charge in [-0.1, -0.05) is 6.92 Å². The first-order valence-corrected chi connectivity index (χ1v) is 9.18. The van der Waals surface area contributed by atoms with E-state index in [-0.39, 0.29) is 30.3 Å². The van der Waals surface area contributed by atoms with Crippen molar-refractivity contribution in [2.75, 3.05) is 19.6 Å². The Labute approximate surface area is 150 Å². The Bertz CT molecular complexity index is 623. The first-order valence-electron chi connectivity index (χ1n) is 9.18. The van der Waals surface area contributed by atoms with Crippen molar-refractivity contribution in [3.8, 4) is 0 Å². The molecule has 2 rings (SSSR count). The highest BCUT2D eigenvalue weighted by Crippen LogP contribution is 2.14. The van der Waals surface area contributed by atoms with Crippen molar-refractivity contribution < 1.29 is 9.59 Å². The zero-order chi connectivity index (χ0) is 18.6. The summed E-state index contributed by atoms with van der Waals surface area (Å²) in [7, 11) is 0. The van der Waals surface area contributed by atoms with Crippen LogP contribution in [0.15, 0.2) is 0 Å². The number of piperazine rings is 1. The molecule has 0 aromatic carbocycles. The second-order valence-electron chi connectivity index (χ2n) is 6.92. The van der Waals surface area contributed by atoms with Gasteiger partial charge in [-0.3, -0.25) is 19.2 Å². The Balaban J connectivity index is 1.87. The molecular weight excluding hydrogens is 318 g/mol. The molecule has 1 aromatic heterocycles. The molecule has 1 aliphatic rings. The van der Waals surface area contributed by atoms with Crippen LogP contribution in [0.2, 0.25) is 0 Å².